The lowest BCUT2D eigenvalue weighted by Crippen LogP contribution is -2.25. The SMILES string of the molecule is C=CCS(=O)(=O)NOCC. The molecule has 1 N–H and O–H groups in total. The molecule has 0 heterocycles. The molecule has 0 aromatic carbocycles. The molecule has 0 aliphatic carbocycles. The first kappa shape index (κ1) is 9.61. The molecule has 60 valence electrons. The van der Waals surface area contributed by atoms with E-state index in [1.807, 2.05) is 4.89 Å². The molecule has 5 heteroatoms. The van der Waals surface area contributed by atoms with Gasteiger partial charge in [0.2, 0.25) is 10.0 Å². The van der Waals surface area contributed by atoms with E-state index in [1.54, 1.807) is 6.92 Å². The molecule has 0 spiro atoms. The number of nitrogens with one attached hydrogen (secondary N) is 1. The first-order valence-electron chi connectivity index (χ1n) is 2.84. The monoisotopic (exact) mass is 165 g/mol. The van der Waals surface area contributed by atoms with Crippen LogP contribution in [0.5, 0.6) is 0 Å². The summed E-state index contributed by atoms with van der Waals surface area (Å²) in [5, 5.41) is 0. The number of rotatable bonds is 5. The van der Waals surface area contributed by atoms with Crippen molar-refractivity contribution in [1.82, 2.24) is 4.89 Å². The quantitative estimate of drug-likeness (QED) is 0.462. The van der Waals surface area contributed by atoms with Crippen molar-refractivity contribution in [3.8, 4) is 0 Å². The standard InChI is InChI=1S/C5H11NO3S/c1-3-5-10(7,8)6-9-4-2/h3,6H,1,4-5H2,2H3. The summed E-state index contributed by atoms with van der Waals surface area (Å²) in [6.07, 6.45) is 1.29. The minimum absolute atomic E-state index is 0.118. The highest BCUT2D eigenvalue weighted by Crippen LogP contribution is 1.83. The van der Waals surface area contributed by atoms with Gasteiger partial charge in [0, 0.05) is 0 Å². The Labute approximate surface area is 60.9 Å². The molecule has 0 rings (SSSR count). The normalized spacial score (nSPS) is 11.3. The van der Waals surface area contributed by atoms with Crippen LogP contribution in [0.1, 0.15) is 6.92 Å². The Balaban J connectivity index is 3.76. The Kier molecular flexibility index (Phi) is 4.26. The highest BCUT2D eigenvalue weighted by molar-refractivity contribution is 7.89. The molecular weight excluding hydrogens is 154 g/mol. The van der Waals surface area contributed by atoms with Crippen molar-refractivity contribution in [1.29, 1.82) is 0 Å². The van der Waals surface area contributed by atoms with Crippen LogP contribution in [0, 0.1) is 0 Å². The van der Waals surface area contributed by atoms with Crippen molar-refractivity contribution < 1.29 is 13.3 Å². The van der Waals surface area contributed by atoms with Crippen molar-refractivity contribution in [3.63, 3.8) is 0 Å². The first-order chi connectivity index (χ1) is 4.62. The molecule has 0 saturated carbocycles. The summed E-state index contributed by atoms with van der Waals surface area (Å²) in [6.45, 7) is 5.29. The fourth-order valence-corrected chi connectivity index (χ4v) is 1.01. The average Bonchev–Trinajstić information content (AvgIpc) is 1.84. The van der Waals surface area contributed by atoms with Gasteiger partial charge in [0.1, 0.15) is 0 Å². The van der Waals surface area contributed by atoms with Crippen LogP contribution in [0.3, 0.4) is 0 Å². The van der Waals surface area contributed by atoms with E-state index in [9.17, 15) is 8.42 Å². The van der Waals surface area contributed by atoms with E-state index in [4.69, 9.17) is 0 Å². The van der Waals surface area contributed by atoms with E-state index in [1.165, 1.54) is 6.08 Å². The highest BCUT2D eigenvalue weighted by Gasteiger charge is 2.04. The van der Waals surface area contributed by atoms with Crippen molar-refractivity contribution in [2.75, 3.05) is 12.4 Å². The predicted molar refractivity (Wildman–Crippen MR) is 38.7 cm³/mol. The van der Waals surface area contributed by atoms with Crippen LogP contribution in [0.15, 0.2) is 12.7 Å². The summed E-state index contributed by atoms with van der Waals surface area (Å²) >= 11 is 0. The van der Waals surface area contributed by atoms with Gasteiger partial charge in [-0.15, -0.1) is 6.58 Å². The highest BCUT2D eigenvalue weighted by atomic mass is 32.2. The van der Waals surface area contributed by atoms with E-state index >= 15 is 0 Å². The topological polar surface area (TPSA) is 55.4 Å². The Morgan fingerprint density at radius 1 is 1.70 bits per heavy atom. The molecule has 0 unspecified atom stereocenters. The fraction of sp³-hybridized carbons (Fsp3) is 0.600. The molecular formula is C5H11NO3S. The maximum atomic E-state index is 10.7. The van der Waals surface area contributed by atoms with Gasteiger partial charge in [-0.2, -0.15) is 0 Å². The molecule has 0 bridgehead atoms. The second-order valence-electron chi connectivity index (χ2n) is 1.59. The van der Waals surface area contributed by atoms with Crippen LogP contribution in [0.4, 0.5) is 0 Å². The molecule has 0 aliphatic heterocycles. The van der Waals surface area contributed by atoms with Gasteiger partial charge in [-0.25, -0.2) is 8.42 Å². The molecule has 0 saturated heterocycles. The lowest BCUT2D eigenvalue weighted by Gasteiger charge is -2.00. The second kappa shape index (κ2) is 4.43. The third kappa shape index (κ3) is 4.49. The Morgan fingerprint density at radius 3 is 2.70 bits per heavy atom. The van der Waals surface area contributed by atoms with E-state index in [0.717, 1.165) is 0 Å². The Bertz CT molecular complexity index is 185. The molecule has 0 aliphatic rings. The van der Waals surface area contributed by atoms with Crippen molar-refractivity contribution in [2.24, 2.45) is 0 Å². The van der Waals surface area contributed by atoms with Crippen LogP contribution in [-0.4, -0.2) is 20.8 Å². The molecule has 4 nitrogen and oxygen atoms in total. The third-order valence-corrected chi connectivity index (χ3v) is 1.71. The molecule has 0 amide bonds. The zero-order chi connectivity index (χ0) is 8.04. The summed E-state index contributed by atoms with van der Waals surface area (Å²) < 4.78 is 21.4. The summed E-state index contributed by atoms with van der Waals surface area (Å²) in [6, 6.07) is 0. The third-order valence-electron chi connectivity index (χ3n) is 0.667. The van der Waals surface area contributed by atoms with Gasteiger partial charge in [0.05, 0.1) is 12.4 Å². The molecule has 0 aromatic heterocycles. The molecule has 10 heavy (non-hydrogen) atoms. The van der Waals surface area contributed by atoms with Gasteiger partial charge < -0.3 is 0 Å². The summed E-state index contributed by atoms with van der Waals surface area (Å²) in [5.41, 5.74) is 0. The van der Waals surface area contributed by atoms with Crippen LogP contribution in [0.25, 0.3) is 0 Å². The van der Waals surface area contributed by atoms with Crippen molar-refractivity contribution >= 4 is 10.0 Å². The number of sulfonamides is 1. The van der Waals surface area contributed by atoms with Crippen molar-refractivity contribution in [2.45, 2.75) is 6.92 Å². The van der Waals surface area contributed by atoms with E-state index in [0.29, 0.717) is 6.61 Å². The minimum Gasteiger partial charge on any atom is -0.287 e. The second-order valence-corrected chi connectivity index (χ2v) is 3.32. The smallest absolute Gasteiger partial charge is 0.237 e. The predicted octanol–water partition coefficient (Wildman–Crippen LogP) is 0.0433. The van der Waals surface area contributed by atoms with Gasteiger partial charge in [-0.05, 0) is 6.92 Å². The lowest BCUT2D eigenvalue weighted by molar-refractivity contribution is 0.106. The van der Waals surface area contributed by atoms with Gasteiger partial charge in [0.15, 0.2) is 0 Å². The maximum absolute atomic E-state index is 10.7. The average molecular weight is 165 g/mol. The van der Waals surface area contributed by atoms with Crippen LogP contribution >= 0.6 is 0 Å². The lowest BCUT2D eigenvalue weighted by atomic mass is 10.8. The van der Waals surface area contributed by atoms with E-state index in [-0.39, 0.29) is 5.75 Å². The van der Waals surface area contributed by atoms with Crippen LogP contribution in [-0.2, 0) is 14.9 Å². The van der Waals surface area contributed by atoms with Gasteiger partial charge in [-0.1, -0.05) is 11.0 Å². The van der Waals surface area contributed by atoms with Gasteiger partial charge in [-0.3, -0.25) is 4.84 Å². The Morgan fingerprint density at radius 2 is 2.30 bits per heavy atom. The zero-order valence-corrected chi connectivity index (χ0v) is 6.65. The maximum Gasteiger partial charge on any atom is 0.237 e. The van der Waals surface area contributed by atoms with Gasteiger partial charge in [0.25, 0.3) is 0 Å². The minimum atomic E-state index is -3.28. The Hall–Kier alpha value is -0.390. The van der Waals surface area contributed by atoms with Crippen molar-refractivity contribution in [3.05, 3.63) is 12.7 Å². The fourth-order valence-electron chi connectivity index (χ4n) is 0.338. The van der Waals surface area contributed by atoms with E-state index < -0.39 is 10.0 Å². The molecule has 0 fully saturated rings. The largest absolute Gasteiger partial charge is 0.287 e. The summed E-state index contributed by atoms with van der Waals surface area (Å²) in [4.78, 5) is 6.38. The number of hydrogen-bond donors (Lipinski definition) is 1. The molecule has 0 radical (unpaired) electrons. The summed E-state index contributed by atoms with van der Waals surface area (Å²) in [7, 11) is -3.28. The zero-order valence-electron chi connectivity index (χ0n) is 5.83. The van der Waals surface area contributed by atoms with Crippen LogP contribution < -0.4 is 4.89 Å². The molecule has 0 atom stereocenters. The summed E-state index contributed by atoms with van der Waals surface area (Å²) in [5.74, 6) is -0.118. The number of hydrogen-bond acceptors (Lipinski definition) is 3. The molecule has 0 aromatic rings. The van der Waals surface area contributed by atoms with E-state index in [2.05, 4.69) is 11.4 Å². The van der Waals surface area contributed by atoms with Crippen LogP contribution in [0.2, 0.25) is 0 Å². The van der Waals surface area contributed by atoms with Gasteiger partial charge >= 0.3 is 0 Å². The first-order valence-corrected chi connectivity index (χ1v) is 4.49.